The van der Waals surface area contributed by atoms with Crippen molar-refractivity contribution in [1.29, 1.82) is 0 Å². The van der Waals surface area contributed by atoms with Gasteiger partial charge in [0.1, 0.15) is 24.7 Å². The fourth-order valence-corrected chi connectivity index (χ4v) is 1.32. The molecule has 0 heterocycles. The largest absolute Gasteiger partial charge is 1.00 e. The van der Waals surface area contributed by atoms with E-state index in [4.69, 9.17) is 9.47 Å². The predicted octanol–water partition coefficient (Wildman–Crippen LogP) is -6.36. The molecular formula is C16H14Na2O6. The molecule has 0 aliphatic carbocycles. The molecule has 0 aromatic heterocycles. The first-order valence-corrected chi connectivity index (χ1v) is 6.33. The van der Waals surface area contributed by atoms with Crippen LogP contribution in [-0.4, -0.2) is 25.2 Å². The Balaban J connectivity index is 0. The van der Waals surface area contributed by atoms with Gasteiger partial charge < -0.3 is 29.3 Å². The van der Waals surface area contributed by atoms with Gasteiger partial charge in [-0.05, 0) is 24.3 Å². The number of aliphatic carboxylic acids is 2. The van der Waals surface area contributed by atoms with Gasteiger partial charge in [0.05, 0.1) is 11.9 Å². The molecule has 2 rings (SSSR count). The molecule has 0 aliphatic rings. The summed E-state index contributed by atoms with van der Waals surface area (Å²) in [5.41, 5.74) is 0. The molecule has 0 N–H and O–H groups in total. The molecule has 116 valence electrons. The van der Waals surface area contributed by atoms with Crippen LogP contribution in [0.1, 0.15) is 0 Å². The maximum Gasteiger partial charge on any atom is 1.00 e. The van der Waals surface area contributed by atoms with E-state index in [1.165, 1.54) is 0 Å². The summed E-state index contributed by atoms with van der Waals surface area (Å²) in [5, 5.41) is 19.9. The summed E-state index contributed by atoms with van der Waals surface area (Å²) in [6, 6.07) is 17.5. The Labute approximate surface area is 184 Å². The Morgan fingerprint density at radius 1 is 0.667 bits per heavy atom. The van der Waals surface area contributed by atoms with Crippen molar-refractivity contribution in [2.24, 2.45) is 0 Å². The monoisotopic (exact) mass is 348 g/mol. The third-order valence-electron chi connectivity index (χ3n) is 2.20. The van der Waals surface area contributed by atoms with E-state index in [2.05, 4.69) is 0 Å². The number of hydrogen-bond acceptors (Lipinski definition) is 6. The number of rotatable bonds is 6. The minimum absolute atomic E-state index is 0. The van der Waals surface area contributed by atoms with Crippen LogP contribution in [-0.2, 0) is 9.59 Å². The molecule has 6 nitrogen and oxygen atoms in total. The van der Waals surface area contributed by atoms with Crippen LogP contribution in [0.25, 0.3) is 0 Å². The SMILES string of the molecule is O=C([O-])COc1ccccc1.O=C([O-])COc1ccccc1.[Na+].[Na+]. The van der Waals surface area contributed by atoms with E-state index in [0.29, 0.717) is 11.5 Å². The topological polar surface area (TPSA) is 98.7 Å². The molecular weight excluding hydrogens is 334 g/mol. The number of carboxylic acid groups (broad SMARTS) is 2. The Bertz CT molecular complexity index is 524. The van der Waals surface area contributed by atoms with Gasteiger partial charge in [0.25, 0.3) is 0 Å². The van der Waals surface area contributed by atoms with Gasteiger partial charge in [-0.15, -0.1) is 0 Å². The third kappa shape index (κ3) is 13.4. The Morgan fingerprint density at radius 2 is 0.958 bits per heavy atom. The van der Waals surface area contributed by atoms with Crippen LogP contribution >= 0.6 is 0 Å². The van der Waals surface area contributed by atoms with Gasteiger partial charge in [0, 0.05) is 0 Å². The molecule has 0 saturated carbocycles. The molecule has 0 bridgehead atoms. The van der Waals surface area contributed by atoms with E-state index in [0.717, 1.165) is 0 Å². The van der Waals surface area contributed by atoms with E-state index in [-0.39, 0.29) is 59.1 Å². The Morgan fingerprint density at radius 3 is 1.21 bits per heavy atom. The first-order valence-electron chi connectivity index (χ1n) is 6.33. The predicted molar refractivity (Wildman–Crippen MR) is 73.9 cm³/mol. The number of carbonyl (C=O) groups is 2. The summed E-state index contributed by atoms with van der Waals surface area (Å²) in [6.07, 6.45) is 0. The summed E-state index contributed by atoms with van der Waals surface area (Å²) in [7, 11) is 0. The van der Waals surface area contributed by atoms with Gasteiger partial charge in [-0.1, -0.05) is 36.4 Å². The number of ether oxygens (including phenoxy) is 2. The van der Waals surface area contributed by atoms with Crippen LogP contribution in [0.5, 0.6) is 11.5 Å². The van der Waals surface area contributed by atoms with E-state index in [1.807, 2.05) is 12.1 Å². The molecule has 2 aromatic rings. The van der Waals surface area contributed by atoms with Crippen molar-refractivity contribution < 1.29 is 88.4 Å². The van der Waals surface area contributed by atoms with Crippen molar-refractivity contribution in [3.8, 4) is 11.5 Å². The number of benzene rings is 2. The second-order valence-corrected chi connectivity index (χ2v) is 3.95. The van der Waals surface area contributed by atoms with Crippen molar-refractivity contribution >= 4 is 11.9 Å². The van der Waals surface area contributed by atoms with Gasteiger partial charge in [0.2, 0.25) is 0 Å². The first kappa shape index (κ1) is 25.2. The van der Waals surface area contributed by atoms with Gasteiger partial charge in [-0.2, -0.15) is 0 Å². The Hall–Kier alpha value is -1.02. The number of carboxylic acids is 2. The van der Waals surface area contributed by atoms with Crippen molar-refractivity contribution in [3.05, 3.63) is 60.7 Å². The second kappa shape index (κ2) is 15.5. The number of hydrogen-bond donors (Lipinski definition) is 0. The van der Waals surface area contributed by atoms with Crippen LogP contribution in [0.3, 0.4) is 0 Å². The van der Waals surface area contributed by atoms with E-state index in [9.17, 15) is 19.8 Å². The fraction of sp³-hybridized carbons (Fsp3) is 0.125. The van der Waals surface area contributed by atoms with Crippen LogP contribution in [0.2, 0.25) is 0 Å². The average Bonchev–Trinajstić information content (AvgIpc) is 2.53. The molecule has 0 amide bonds. The molecule has 0 aliphatic heterocycles. The average molecular weight is 348 g/mol. The standard InChI is InChI=1S/2C8H8O3.2Na/c2*9-8(10)6-11-7-4-2-1-3-5-7;;/h2*1-5H,6H2,(H,9,10);;/q;;2*+1/p-2. The van der Waals surface area contributed by atoms with E-state index >= 15 is 0 Å². The van der Waals surface area contributed by atoms with Crippen LogP contribution in [0.4, 0.5) is 0 Å². The molecule has 0 spiro atoms. The maximum atomic E-state index is 9.94. The van der Waals surface area contributed by atoms with Crippen LogP contribution < -0.4 is 78.8 Å². The zero-order chi connectivity index (χ0) is 16.2. The van der Waals surface area contributed by atoms with Crippen molar-refractivity contribution in [2.45, 2.75) is 0 Å². The summed E-state index contributed by atoms with van der Waals surface area (Å²) in [5.74, 6) is -1.35. The van der Waals surface area contributed by atoms with Gasteiger partial charge in [-0.25, -0.2) is 0 Å². The minimum atomic E-state index is -1.21. The smallest absolute Gasteiger partial charge is 0.546 e. The van der Waals surface area contributed by atoms with E-state index < -0.39 is 25.2 Å². The van der Waals surface area contributed by atoms with Crippen molar-refractivity contribution in [3.63, 3.8) is 0 Å². The molecule has 0 fully saturated rings. The molecule has 8 heteroatoms. The fourth-order valence-electron chi connectivity index (χ4n) is 1.32. The number of carbonyl (C=O) groups excluding carboxylic acids is 2. The number of para-hydroxylation sites is 2. The maximum absolute atomic E-state index is 9.94. The molecule has 0 unspecified atom stereocenters. The summed E-state index contributed by atoms with van der Waals surface area (Å²) in [4.78, 5) is 19.9. The normalized spacial score (nSPS) is 8.33. The minimum Gasteiger partial charge on any atom is -0.546 e. The molecule has 0 saturated heterocycles. The van der Waals surface area contributed by atoms with Crippen molar-refractivity contribution in [1.82, 2.24) is 0 Å². The first-order chi connectivity index (χ1) is 10.6. The molecule has 0 radical (unpaired) electrons. The summed E-state index contributed by atoms with van der Waals surface area (Å²) >= 11 is 0. The van der Waals surface area contributed by atoms with E-state index in [1.54, 1.807) is 48.5 Å². The van der Waals surface area contributed by atoms with Gasteiger partial charge in [-0.3, -0.25) is 0 Å². The Kier molecular flexibility index (Phi) is 16.3. The quantitative estimate of drug-likeness (QED) is 0.482. The van der Waals surface area contributed by atoms with Crippen molar-refractivity contribution in [2.75, 3.05) is 13.2 Å². The van der Waals surface area contributed by atoms with Crippen LogP contribution in [0.15, 0.2) is 60.7 Å². The van der Waals surface area contributed by atoms with Crippen LogP contribution in [0, 0.1) is 0 Å². The zero-order valence-corrected chi connectivity index (χ0v) is 17.6. The van der Waals surface area contributed by atoms with Gasteiger partial charge in [0.15, 0.2) is 0 Å². The molecule has 0 atom stereocenters. The third-order valence-corrected chi connectivity index (χ3v) is 2.20. The molecule has 2 aromatic carbocycles. The molecule has 24 heavy (non-hydrogen) atoms. The zero-order valence-electron chi connectivity index (χ0n) is 13.6. The summed E-state index contributed by atoms with van der Waals surface area (Å²) in [6.45, 7) is -0.798. The summed E-state index contributed by atoms with van der Waals surface area (Å²) < 4.78 is 9.61. The van der Waals surface area contributed by atoms with Gasteiger partial charge >= 0.3 is 59.1 Å². The second-order valence-electron chi connectivity index (χ2n) is 3.95.